The zero-order valence-corrected chi connectivity index (χ0v) is 17.9. The molecule has 0 unspecified atom stereocenters. The second-order valence-corrected chi connectivity index (χ2v) is 8.00. The topological polar surface area (TPSA) is 88.8 Å². The van der Waals surface area contributed by atoms with Crippen LogP contribution in [0.15, 0.2) is 45.6 Å². The number of carbonyl (C=O) groups excluding carboxylic acids is 2. The predicted octanol–water partition coefficient (Wildman–Crippen LogP) is 3.65. The van der Waals surface area contributed by atoms with Gasteiger partial charge in [0.1, 0.15) is 11.3 Å². The van der Waals surface area contributed by atoms with Crippen LogP contribution in [0.5, 0.6) is 5.75 Å². The third-order valence-corrected chi connectivity index (χ3v) is 5.48. The molecule has 0 saturated heterocycles. The van der Waals surface area contributed by atoms with Gasteiger partial charge in [-0.05, 0) is 49.1 Å². The summed E-state index contributed by atoms with van der Waals surface area (Å²) in [7, 11) is 3.32. The Morgan fingerprint density at radius 2 is 1.94 bits per heavy atom. The molecular formula is C23H21ClN2O5. The molecule has 1 aliphatic carbocycles. The Balaban J connectivity index is 1.48. The predicted molar refractivity (Wildman–Crippen MR) is 118 cm³/mol. The van der Waals surface area contributed by atoms with E-state index in [1.807, 2.05) is 0 Å². The van der Waals surface area contributed by atoms with Crippen LogP contribution >= 0.6 is 11.6 Å². The quantitative estimate of drug-likeness (QED) is 0.612. The average Bonchev–Trinajstić information content (AvgIpc) is 3.23. The first-order chi connectivity index (χ1) is 14.8. The molecule has 0 bridgehead atoms. The maximum absolute atomic E-state index is 12.3. The number of aryl methyl sites for hydroxylation is 1. The van der Waals surface area contributed by atoms with Crippen molar-refractivity contribution in [2.24, 2.45) is 0 Å². The van der Waals surface area contributed by atoms with Crippen LogP contribution in [0.1, 0.15) is 27.9 Å². The Hall–Kier alpha value is -3.32. The molecule has 3 aromatic rings. The second kappa shape index (κ2) is 8.43. The summed E-state index contributed by atoms with van der Waals surface area (Å²) in [6.07, 6.45) is 2.44. The van der Waals surface area contributed by atoms with Gasteiger partial charge in [-0.1, -0.05) is 17.7 Å². The summed E-state index contributed by atoms with van der Waals surface area (Å²) in [6, 6.07) is 9.90. The number of anilines is 1. The normalized spacial score (nSPS) is 12.5. The van der Waals surface area contributed by atoms with E-state index in [2.05, 4.69) is 5.32 Å². The Morgan fingerprint density at radius 1 is 1.16 bits per heavy atom. The second-order valence-electron chi connectivity index (χ2n) is 7.60. The van der Waals surface area contributed by atoms with Gasteiger partial charge in [-0.15, -0.1) is 0 Å². The summed E-state index contributed by atoms with van der Waals surface area (Å²) < 4.78 is 11.0. The molecule has 7 nitrogen and oxygen atoms in total. The highest BCUT2D eigenvalue weighted by Gasteiger charge is 2.21. The zero-order valence-electron chi connectivity index (χ0n) is 17.2. The maximum Gasteiger partial charge on any atom is 0.339 e. The van der Waals surface area contributed by atoms with Gasteiger partial charge in [-0.25, -0.2) is 4.79 Å². The third-order valence-electron chi connectivity index (χ3n) is 5.18. The SMILES string of the molecule is CN(C)C(=O)c1cccc(NC(=O)COc2cc3oc(=O)c4c(c3cc2Cl)CCC4)c1. The maximum atomic E-state index is 12.3. The van der Waals surface area contributed by atoms with Gasteiger partial charge in [0.05, 0.1) is 5.02 Å². The van der Waals surface area contributed by atoms with Crippen LogP contribution in [0.4, 0.5) is 5.69 Å². The fraction of sp³-hybridized carbons (Fsp3) is 0.261. The van der Waals surface area contributed by atoms with Gasteiger partial charge in [0.2, 0.25) is 0 Å². The number of hydrogen-bond donors (Lipinski definition) is 1. The molecule has 31 heavy (non-hydrogen) atoms. The minimum Gasteiger partial charge on any atom is -0.482 e. The van der Waals surface area contributed by atoms with Crippen LogP contribution in [-0.2, 0) is 17.6 Å². The fourth-order valence-electron chi connectivity index (χ4n) is 3.72. The minimum absolute atomic E-state index is 0.164. The van der Waals surface area contributed by atoms with E-state index in [4.69, 9.17) is 20.8 Å². The summed E-state index contributed by atoms with van der Waals surface area (Å²) in [5.74, 6) is -0.328. The molecule has 1 aromatic heterocycles. The van der Waals surface area contributed by atoms with E-state index in [0.29, 0.717) is 33.8 Å². The molecule has 1 heterocycles. The number of carbonyl (C=O) groups is 2. The molecule has 2 aromatic carbocycles. The molecule has 0 aliphatic heterocycles. The van der Waals surface area contributed by atoms with Crippen molar-refractivity contribution in [1.82, 2.24) is 4.90 Å². The molecule has 0 saturated carbocycles. The van der Waals surface area contributed by atoms with E-state index in [9.17, 15) is 14.4 Å². The number of fused-ring (bicyclic) bond motifs is 3. The van der Waals surface area contributed by atoms with Crippen LogP contribution in [-0.4, -0.2) is 37.4 Å². The number of nitrogens with one attached hydrogen (secondary N) is 1. The van der Waals surface area contributed by atoms with E-state index in [-0.39, 0.29) is 23.9 Å². The minimum atomic E-state index is -0.416. The summed E-state index contributed by atoms with van der Waals surface area (Å²) >= 11 is 6.35. The molecule has 8 heteroatoms. The number of benzene rings is 2. The van der Waals surface area contributed by atoms with Gasteiger partial charge >= 0.3 is 5.63 Å². The van der Waals surface area contributed by atoms with Crippen LogP contribution in [0.25, 0.3) is 11.0 Å². The molecule has 1 aliphatic rings. The number of rotatable bonds is 5. The summed E-state index contributed by atoms with van der Waals surface area (Å²) in [4.78, 5) is 38.0. The summed E-state index contributed by atoms with van der Waals surface area (Å²) in [5, 5.41) is 3.83. The van der Waals surface area contributed by atoms with Crippen molar-refractivity contribution in [3.8, 4) is 5.75 Å². The zero-order chi connectivity index (χ0) is 22.1. The highest BCUT2D eigenvalue weighted by molar-refractivity contribution is 6.32. The lowest BCUT2D eigenvalue weighted by atomic mass is 10.1. The number of nitrogens with zero attached hydrogens (tertiary/aromatic N) is 1. The standard InChI is InChI=1S/C23H21ClN2O5/c1-26(2)22(28)13-5-3-6-14(9-13)25-21(27)12-30-20-11-19-17(10-18(20)24)15-7-4-8-16(15)23(29)31-19/h3,5-6,9-11H,4,7-8,12H2,1-2H3,(H,25,27). The van der Waals surface area contributed by atoms with Crippen molar-refractivity contribution < 1.29 is 18.7 Å². The van der Waals surface area contributed by atoms with E-state index >= 15 is 0 Å². The Labute approximate surface area is 183 Å². The Morgan fingerprint density at radius 3 is 2.71 bits per heavy atom. The van der Waals surface area contributed by atoms with Gasteiger partial charge in [0, 0.05) is 42.4 Å². The van der Waals surface area contributed by atoms with E-state index in [0.717, 1.165) is 23.8 Å². The lowest BCUT2D eigenvalue weighted by Gasteiger charge is -2.13. The molecule has 2 amide bonds. The van der Waals surface area contributed by atoms with Gasteiger partial charge in [-0.2, -0.15) is 0 Å². The van der Waals surface area contributed by atoms with Crippen LogP contribution < -0.4 is 15.7 Å². The van der Waals surface area contributed by atoms with Crippen LogP contribution in [0.3, 0.4) is 0 Å². The third kappa shape index (κ3) is 4.27. The van der Waals surface area contributed by atoms with Gasteiger partial charge in [-0.3, -0.25) is 9.59 Å². The van der Waals surface area contributed by atoms with Crippen molar-refractivity contribution >= 4 is 40.1 Å². The van der Waals surface area contributed by atoms with Crippen molar-refractivity contribution in [1.29, 1.82) is 0 Å². The fourth-order valence-corrected chi connectivity index (χ4v) is 3.94. The van der Waals surface area contributed by atoms with Gasteiger partial charge < -0.3 is 19.4 Å². The highest BCUT2D eigenvalue weighted by atomic mass is 35.5. The molecule has 1 N–H and O–H groups in total. The average molecular weight is 441 g/mol. The van der Waals surface area contributed by atoms with Crippen molar-refractivity contribution in [3.63, 3.8) is 0 Å². The van der Waals surface area contributed by atoms with E-state index in [1.54, 1.807) is 50.5 Å². The first-order valence-corrected chi connectivity index (χ1v) is 10.2. The molecule has 0 spiro atoms. The Bertz CT molecular complexity index is 1250. The van der Waals surface area contributed by atoms with Gasteiger partial charge in [0.25, 0.3) is 11.8 Å². The molecule has 160 valence electrons. The largest absolute Gasteiger partial charge is 0.482 e. The van der Waals surface area contributed by atoms with Gasteiger partial charge in [0.15, 0.2) is 6.61 Å². The number of hydrogen-bond acceptors (Lipinski definition) is 5. The number of amides is 2. The highest BCUT2D eigenvalue weighted by Crippen LogP contribution is 2.34. The van der Waals surface area contributed by atoms with E-state index in [1.165, 1.54) is 4.90 Å². The van der Waals surface area contributed by atoms with Crippen LogP contribution in [0, 0.1) is 0 Å². The summed E-state index contributed by atoms with van der Waals surface area (Å²) in [5.41, 5.74) is 2.69. The van der Waals surface area contributed by atoms with Crippen LogP contribution in [0.2, 0.25) is 5.02 Å². The Kier molecular flexibility index (Phi) is 5.69. The van der Waals surface area contributed by atoms with Crippen molar-refractivity contribution in [3.05, 3.63) is 68.5 Å². The number of ether oxygens (including phenoxy) is 1. The molecule has 0 radical (unpaired) electrons. The molecular weight excluding hydrogens is 420 g/mol. The monoisotopic (exact) mass is 440 g/mol. The smallest absolute Gasteiger partial charge is 0.339 e. The van der Waals surface area contributed by atoms with Crippen molar-refractivity contribution in [2.75, 3.05) is 26.0 Å². The molecule has 0 atom stereocenters. The van der Waals surface area contributed by atoms with E-state index < -0.39 is 5.91 Å². The van der Waals surface area contributed by atoms with Crippen molar-refractivity contribution in [2.45, 2.75) is 19.3 Å². The summed E-state index contributed by atoms with van der Waals surface area (Å²) in [6.45, 7) is -0.299. The molecule has 0 fully saturated rings. The first-order valence-electron chi connectivity index (χ1n) is 9.86. The number of halogens is 1. The lowest BCUT2D eigenvalue weighted by Crippen LogP contribution is -2.23. The first kappa shape index (κ1) is 20.9. The molecule has 4 rings (SSSR count). The lowest BCUT2D eigenvalue weighted by molar-refractivity contribution is -0.118.